The maximum absolute atomic E-state index is 3.26. The summed E-state index contributed by atoms with van der Waals surface area (Å²) in [7, 11) is 0. The maximum atomic E-state index is 3.26. The quantitative estimate of drug-likeness (QED) is 0.469. The summed E-state index contributed by atoms with van der Waals surface area (Å²) < 4.78 is 0. The molecule has 0 amide bonds. The van der Waals surface area contributed by atoms with Crippen molar-refractivity contribution in [2.75, 3.05) is 0 Å². The van der Waals surface area contributed by atoms with E-state index in [0.29, 0.717) is 11.8 Å². The average Bonchev–Trinajstić information content (AvgIpc) is 2.87. The van der Waals surface area contributed by atoms with Crippen molar-refractivity contribution in [3.8, 4) is 0 Å². The van der Waals surface area contributed by atoms with Gasteiger partial charge in [0.25, 0.3) is 0 Å². The molecule has 2 rings (SSSR count). The summed E-state index contributed by atoms with van der Waals surface area (Å²) in [5.74, 6) is 1.31. The minimum Gasteiger partial charge on any atom is -0.252 e. The zero-order valence-electron chi connectivity index (χ0n) is 13.2. The number of hydrogen-bond donors (Lipinski definition) is 0. The van der Waals surface area contributed by atoms with Gasteiger partial charge in [-0.2, -0.15) is 12.2 Å². The van der Waals surface area contributed by atoms with Crippen LogP contribution in [0.1, 0.15) is 54.4 Å². The van der Waals surface area contributed by atoms with Crippen molar-refractivity contribution in [2.45, 2.75) is 54.4 Å². The third-order valence-electron chi connectivity index (χ3n) is 3.41. The van der Waals surface area contributed by atoms with Gasteiger partial charge < -0.3 is 0 Å². The Labute approximate surface area is 134 Å². The first-order valence-electron chi connectivity index (χ1n) is 6.99. The zero-order chi connectivity index (χ0) is 13.7. The van der Waals surface area contributed by atoms with Crippen LogP contribution >= 0.6 is 0 Å². The Morgan fingerprint density at radius 1 is 0.789 bits per heavy atom. The summed E-state index contributed by atoms with van der Waals surface area (Å²) in [5.41, 5.74) is 5.81. The van der Waals surface area contributed by atoms with Crippen LogP contribution in [0.4, 0.5) is 0 Å². The van der Waals surface area contributed by atoms with Crippen LogP contribution in [0, 0.1) is 24.0 Å². The van der Waals surface area contributed by atoms with Gasteiger partial charge in [-0.05, 0) is 0 Å². The van der Waals surface area contributed by atoms with Gasteiger partial charge in [-0.3, -0.25) is 12.2 Å². The van der Waals surface area contributed by atoms with E-state index in [1.54, 1.807) is 0 Å². The Hall–Kier alpha value is -0.326. The SMILES string of the molecule is CC1=C(C(C)C)[C-]=CC1.CC1=C(C(C)C)[C-]=CC1.[Ti+2]. The topological polar surface area (TPSA) is 0 Å². The molecule has 0 bridgehead atoms. The van der Waals surface area contributed by atoms with Gasteiger partial charge in [-0.1, -0.05) is 52.4 Å². The first-order valence-corrected chi connectivity index (χ1v) is 6.99. The predicted octanol–water partition coefficient (Wildman–Crippen LogP) is 5.44. The molecule has 0 aliphatic heterocycles. The van der Waals surface area contributed by atoms with Gasteiger partial charge in [-0.25, -0.2) is 22.3 Å². The Morgan fingerprint density at radius 2 is 1.11 bits per heavy atom. The molecule has 0 unspecified atom stereocenters. The zero-order valence-corrected chi connectivity index (χ0v) is 14.8. The molecule has 19 heavy (non-hydrogen) atoms. The smallest absolute Gasteiger partial charge is 0.252 e. The average molecular weight is 290 g/mol. The second-order valence-electron chi connectivity index (χ2n) is 5.80. The van der Waals surface area contributed by atoms with E-state index in [-0.39, 0.29) is 21.7 Å². The first kappa shape index (κ1) is 18.7. The fourth-order valence-electron chi connectivity index (χ4n) is 2.41. The Balaban J connectivity index is 0.000000324. The van der Waals surface area contributed by atoms with Crippen molar-refractivity contribution in [2.24, 2.45) is 11.8 Å². The molecule has 0 spiro atoms. The molecular weight excluding hydrogens is 264 g/mol. The number of hydrogen-bond acceptors (Lipinski definition) is 0. The van der Waals surface area contributed by atoms with Gasteiger partial charge >= 0.3 is 21.7 Å². The van der Waals surface area contributed by atoms with Crippen molar-refractivity contribution in [3.63, 3.8) is 0 Å². The normalized spacial score (nSPS) is 17.3. The van der Waals surface area contributed by atoms with E-state index in [9.17, 15) is 0 Å². The fraction of sp³-hybridized carbons (Fsp3) is 0.556. The van der Waals surface area contributed by atoms with Crippen LogP contribution in [0.2, 0.25) is 0 Å². The summed E-state index contributed by atoms with van der Waals surface area (Å²) in [5, 5.41) is 0. The molecule has 0 aromatic carbocycles. The van der Waals surface area contributed by atoms with E-state index < -0.39 is 0 Å². The van der Waals surface area contributed by atoms with E-state index in [1.165, 1.54) is 22.3 Å². The molecule has 0 nitrogen and oxygen atoms in total. The summed E-state index contributed by atoms with van der Waals surface area (Å²) in [6.45, 7) is 13.2. The van der Waals surface area contributed by atoms with Crippen molar-refractivity contribution >= 4 is 0 Å². The van der Waals surface area contributed by atoms with E-state index >= 15 is 0 Å². The van der Waals surface area contributed by atoms with Crippen molar-refractivity contribution in [1.82, 2.24) is 0 Å². The summed E-state index contributed by atoms with van der Waals surface area (Å²) >= 11 is 0. The van der Waals surface area contributed by atoms with Gasteiger partial charge in [0.2, 0.25) is 0 Å². The van der Waals surface area contributed by atoms with Gasteiger partial charge in [0.05, 0.1) is 0 Å². The molecular formula is C18H26Ti. The van der Waals surface area contributed by atoms with Crippen molar-refractivity contribution in [3.05, 3.63) is 46.6 Å². The molecule has 2 aliphatic rings. The third-order valence-corrected chi connectivity index (χ3v) is 3.41. The monoisotopic (exact) mass is 290 g/mol. The first-order chi connectivity index (χ1) is 8.43. The van der Waals surface area contributed by atoms with Gasteiger partial charge in [0, 0.05) is 0 Å². The molecule has 0 heterocycles. The molecule has 0 saturated carbocycles. The van der Waals surface area contributed by atoms with Crippen LogP contribution in [-0.4, -0.2) is 0 Å². The minimum atomic E-state index is 0. The van der Waals surface area contributed by atoms with Crippen LogP contribution in [0.15, 0.2) is 34.4 Å². The van der Waals surface area contributed by atoms with Crippen LogP contribution < -0.4 is 0 Å². The summed E-state index contributed by atoms with van der Waals surface area (Å²) in [6.07, 6.45) is 13.0. The molecule has 0 atom stereocenters. The summed E-state index contributed by atoms with van der Waals surface area (Å²) in [6, 6.07) is 0. The molecule has 0 aromatic rings. The molecule has 2 aliphatic carbocycles. The molecule has 0 fully saturated rings. The Kier molecular flexibility index (Phi) is 8.62. The number of rotatable bonds is 2. The van der Waals surface area contributed by atoms with Crippen LogP contribution in [0.3, 0.4) is 0 Å². The molecule has 0 aromatic heterocycles. The third kappa shape index (κ3) is 5.67. The molecule has 0 saturated heterocycles. The fourth-order valence-corrected chi connectivity index (χ4v) is 2.41. The van der Waals surface area contributed by atoms with Crippen LogP contribution in [0.5, 0.6) is 0 Å². The predicted molar refractivity (Wildman–Crippen MR) is 79.9 cm³/mol. The minimum absolute atomic E-state index is 0. The molecule has 1 heteroatoms. The van der Waals surface area contributed by atoms with Crippen molar-refractivity contribution < 1.29 is 21.7 Å². The molecule has 0 N–H and O–H groups in total. The Bertz CT molecular complexity index is 363. The van der Waals surface area contributed by atoms with Gasteiger partial charge in [-0.15, -0.1) is 13.8 Å². The van der Waals surface area contributed by atoms with Crippen molar-refractivity contribution in [1.29, 1.82) is 0 Å². The van der Waals surface area contributed by atoms with E-state index in [0.717, 1.165) is 12.8 Å². The van der Waals surface area contributed by atoms with Gasteiger partial charge in [0.1, 0.15) is 0 Å². The Morgan fingerprint density at radius 3 is 1.21 bits per heavy atom. The van der Waals surface area contributed by atoms with Crippen LogP contribution in [-0.2, 0) is 21.7 Å². The summed E-state index contributed by atoms with van der Waals surface area (Å²) in [4.78, 5) is 0. The van der Waals surface area contributed by atoms with E-state index in [1.807, 2.05) is 0 Å². The van der Waals surface area contributed by atoms with E-state index in [2.05, 4.69) is 65.8 Å². The van der Waals surface area contributed by atoms with E-state index in [4.69, 9.17) is 0 Å². The number of allylic oxidation sites excluding steroid dienone is 8. The molecule has 0 radical (unpaired) electrons. The maximum Gasteiger partial charge on any atom is 2.00 e. The second kappa shape index (κ2) is 8.77. The standard InChI is InChI=1S/2C9H13.Ti/c2*1-7(2)9-6-4-5-8(9)3;/h2*4,7H,5H2,1-3H3;/q2*-1;+2. The van der Waals surface area contributed by atoms with Crippen LogP contribution in [0.25, 0.3) is 0 Å². The van der Waals surface area contributed by atoms with Gasteiger partial charge in [0.15, 0.2) is 0 Å². The molecule has 102 valence electrons. The second-order valence-corrected chi connectivity index (χ2v) is 5.80. The largest absolute Gasteiger partial charge is 2.00 e.